The first-order valence-electron chi connectivity index (χ1n) is 7.81. The normalized spacial score (nSPS) is 12.0. The van der Waals surface area contributed by atoms with Crippen LogP contribution in [0.25, 0.3) is 0 Å². The Morgan fingerprint density at radius 2 is 1.55 bits per heavy atom. The molecule has 0 aliphatic rings. The van der Waals surface area contributed by atoms with E-state index in [-0.39, 0.29) is 11.6 Å². The van der Waals surface area contributed by atoms with Gasteiger partial charge in [0.25, 0.3) is 0 Å². The predicted octanol–water partition coefficient (Wildman–Crippen LogP) is 4.65. The van der Waals surface area contributed by atoms with Gasteiger partial charge in [0.1, 0.15) is 0 Å². The van der Waals surface area contributed by atoms with Crippen molar-refractivity contribution in [3.05, 3.63) is 12.2 Å². The maximum atomic E-state index is 10.9. The molecule has 0 aliphatic heterocycles. The van der Waals surface area contributed by atoms with Crippen molar-refractivity contribution < 1.29 is 14.3 Å². The number of unbranched alkanes of at least 4 members (excludes halogenated alkanes) is 5. The lowest BCUT2D eigenvalue weighted by Crippen LogP contribution is -2.19. The number of rotatable bonds is 11. The van der Waals surface area contributed by atoms with Crippen molar-refractivity contribution in [3.63, 3.8) is 0 Å². The topological polar surface area (TPSA) is 35.5 Å². The maximum absolute atomic E-state index is 10.9. The van der Waals surface area contributed by atoms with Gasteiger partial charge in [-0.05, 0) is 46.5 Å². The molecule has 0 radical (unpaired) electrons. The maximum Gasteiger partial charge on any atom is 0.305 e. The van der Waals surface area contributed by atoms with Gasteiger partial charge >= 0.3 is 5.97 Å². The molecular weight excluding hydrogens is 252 g/mol. The van der Waals surface area contributed by atoms with Gasteiger partial charge in [-0.25, -0.2) is 0 Å². The smallest absolute Gasteiger partial charge is 0.305 e. The van der Waals surface area contributed by atoms with Crippen molar-refractivity contribution in [2.75, 3.05) is 13.7 Å². The Morgan fingerprint density at radius 3 is 2.20 bits per heavy atom. The molecule has 0 aromatic heterocycles. The fourth-order valence-corrected chi connectivity index (χ4v) is 1.83. The lowest BCUT2D eigenvalue weighted by atomic mass is 10.1. The summed E-state index contributed by atoms with van der Waals surface area (Å²) in [5.74, 6) is -0.0922. The van der Waals surface area contributed by atoms with Crippen LogP contribution in [0, 0.1) is 0 Å². The highest BCUT2D eigenvalue weighted by Crippen LogP contribution is 2.09. The largest absolute Gasteiger partial charge is 0.469 e. The minimum atomic E-state index is -0.0922. The molecule has 0 amide bonds. The van der Waals surface area contributed by atoms with Crippen LogP contribution in [0.2, 0.25) is 0 Å². The molecule has 0 fully saturated rings. The number of hydrogen-bond donors (Lipinski definition) is 0. The van der Waals surface area contributed by atoms with E-state index in [0.29, 0.717) is 6.42 Å². The zero-order chi connectivity index (χ0) is 15.3. The Morgan fingerprint density at radius 1 is 0.950 bits per heavy atom. The number of esters is 1. The van der Waals surface area contributed by atoms with Gasteiger partial charge in [0, 0.05) is 6.42 Å². The zero-order valence-electron chi connectivity index (χ0n) is 13.7. The minimum Gasteiger partial charge on any atom is -0.469 e. The van der Waals surface area contributed by atoms with E-state index < -0.39 is 0 Å². The summed E-state index contributed by atoms with van der Waals surface area (Å²) in [5, 5.41) is 0. The summed E-state index contributed by atoms with van der Waals surface area (Å²) in [6, 6.07) is 0. The summed E-state index contributed by atoms with van der Waals surface area (Å²) in [6.07, 6.45) is 12.9. The molecule has 0 N–H and O–H groups in total. The molecule has 0 saturated heterocycles. The van der Waals surface area contributed by atoms with Crippen molar-refractivity contribution in [2.24, 2.45) is 0 Å². The lowest BCUT2D eigenvalue weighted by Gasteiger charge is -2.18. The van der Waals surface area contributed by atoms with E-state index in [2.05, 4.69) is 37.7 Å². The number of methoxy groups -OCH3 is 1. The first kappa shape index (κ1) is 19.2. The molecule has 3 heteroatoms. The van der Waals surface area contributed by atoms with Crippen LogP contribution in [0.3, 0.4) is 0 Å². The van der Waals surface area contributed by atoms with E-state index in [9.17, 15) is 4.79 Å². The molecular formula is C17H32O3. The van der Waals surface area contributed by atoms with Gasteiger partial charge in [0.15, 0.2) is 0 Å². The van der Waals surface area contributed by atoms with Crippen molar-refractivity contribution in [2.45, 2.75) is 77.7 Å². The van der Waals surface area contributed by atoms with Gasteiger partial charge in [-0.15, -0.1) is 0 Å². The molecule has 0 aliphatic carbocycles. The summed E-state index contributed by atoms with van der Waals surface area (Å²) >= 11 is 0. The summed E-state index contributed by atoms with van der Waals surface area (Å²) in [4.78, 5) is 10.9. The predicted molar refractivity (Wildman–Crippen MR) is 83.8 cm³/mol. The highest BCUT2D eigenvalue weighted by Gasteiger charge is 2.07. The molecule has 0 unspecified atom stereocenters. The summed E-state index contributed by atoms with van der Waals surface area (Å²) in [6.45, 7) is 7.04. The van der Waals surface area contributed by atoms with Gasteiger partial charge in [-0.1, -0.05) is 31.4 Å². The van der Waals surface area contributed by atoms with Crippen molar-refractivity contribution in [3.8, 4) is 0 Å². The van der Waals surface area contributed by atoms with Crippen LogP contribution in [0.5, 0.6) is 0 Å². The van der Waals surface area contributed by atoms with Gasteiger partial charge in [-0.2, -0.15) is 0 Å². The number of carbonyl (C=O) groups excluding carboxylic acids is 1. The van der Waals surface area contributed by atoms with Gasteiger partial charge in [0.05, 0.1) is 19.3 Å². The number of allylic oxidation sites excluding steroid dienone is 1. The SMILES string of the molecule is COC(=O)CCCCCCCC=CCCOC(C)(C)C. The number of hydrogen-bond acceptors (Lipinski definition) is 3. The third kappa shape index (κ3) is 15.2. The van der Waals surface area contributed by atoms with Gasteiger partial charge in [-0.3, -0.25) is 4.79 Å². The van der Waals surface area contributed by atoms with Crippen molar-refractivity contribution >= 4 is 5.97 Å². The molecule has 118 valence electrons. The van der Waals surface area contributed by atoms with Crippen LogP contribution in [0.4, 0.5) is 0 Å². The molecule has 0 spiro atoms. The Labute approximate surface area is 124 Å². The second kappa shape index (κ2) is 12.0. The summed E-state index contributed by atoms with van der Waals surface area (Å²) in [7, 11) is 1.45. The first-order valence-corrected chi connectivity index (χ1v) is 7.81. The van der Waals surface area contributed by atoms with Crippen molar-refractivity contribution in [1.82, 2.24) is 0 Å². The van der Waals surface area contributed by atoms with E-state index in [1.807, 2.05) is 0 Å². The Bertz CT molecular complexity index is 264. The van der Waals surface area contributed by atoms with E-state index >= 15 is 0 Å². The van der Waals surface area contributed by atoms with Crippen molar-refractivity contribution in [1.29, 1.82) is 0 Å². The van der Waals surface area contributed by atoms with E-state index in [1.54, 1.807) is 0 Å². The highest BCUT2D eigenvalue weighted by atomic mass is 16.5. The Balaban J connectivity index is 3.22. The molecule has 0 saturated carbocycles. The molecule has 0 heterocycles. The minimum absolute atomic E-state index is 0.0297. The van der Waals surface area contributed by atoms with E-state index in [0.717, 1.165) is 32.3 Å². The summed E-state index contributed by atoms with van der Waals surface area (Å²) < 4.78 is 10.2. The number of ether oxygens (including phenoxy) is 2. The van der Waals surface area contributed by atoms with Crippen LogP contribution >= 0.6 is 0 Å². The monoisotopic (exact) mass is 284 g/mol. The second-order valence-electron chi connectivity index (χ2n) is 6.10. The first-order chi connectivity index (χ1) is 9.45. The summed E-state index contributed by atoms with van der Waals surface area (Å²) in [5.41, 5.74) is -0.0297. The molecule has 0 atom stereocenters. The Kier molecular flexibility index (Phi) is 11.5. The van der Waals surface area contributed by atoms with E-state index in [4.69, 9.17) is 4.74 Å². The lowest BCUT2D eigenvalue weighted by molar-refractivity contribution is -0.140. The fraction of sp³-hybridized carbons (Fsp3) is 0.824. The average molecular weight is 284 g/mol. The standard InChI is InChI=1S/C17H32O3/c1-17(2,3)20-15-13-11-9-7-5-6-8-10-12-14-16(18)19-4/h9,11H,5-8,10,12-15H2,1-4H3. The molecule has 3 nitrogen and oxygen atoms in total. The van der Waals surface area contributed by atoms with Crippen LogP contribution in [0.1, 0.15) is 72.1 Å². The molecule has 0 bridgehead atoms. The third-order valence-corrected chi connectivity index (χ3v) is 2.97. The van der Waals surface area contributed by atoms with Crippen LogP contribution in [-0.2, 0) is 14.3 Å². The van der Waals surface area contributed by atoms with E-state index in [1.165, 1.54) is 26.4 Å². The van der Waals surface area contributed by atoms with Crippen LogP contribution in [-0.4, -0.2) is 25.3 Å². The average Bonchev–Trinajstić information content (AvgIpc) is 2.38. The quantitative estimate of drug-likeness (QED) is 0.315. The molecule has 0 rings (SSSR count). The zero-order valence-corrected chi connectivity index (χ0v) is 13.7. The molecule has 0 aromatic rings. The van der Waals surface area contributed by atoms with Crippen LogP contribution in [0.15, 0.2) is 12.2 Å². The second-order valence-corrected chi connectivity index (χ2v) is 6.10. The number of carbonyl (C=O) groups is 1. The third-order valence-electron chi connectivity index (χ3n) is 2.97. The Hall–Kier alpha value is -0.830. The fourth-order valence-electron chi connectivity index (χ4n) is 1.83. The molecule has 0 aromatic carbocycles. The molecule has 20 heavy (non-hydrogen) atoms. The van der Waals surface area contributed by atoms with Gasteiger partial charge in [0.2, 0.25) is 0 Å². The highest BCUT2D eigenvalue weighted by molar-refractivity contribution is 5.68. The van der Waals surface area contributed by atoms with Crippen LogP contribution < -0.4 is 0 Å². The van der Waals surface area contributed by atoms with Gasteiger partial charge < -0.3 is 9.47 Å².